The summed E-state index contributed by atoms with van der Waals surface area (Å²) < 4.78 is 38.3. The molecule has 0 radical (unpaired) electrons. The van der Waals surface area contributed by atoms with Gasteiger partial charge < -0.3 is 19.7 Å². The Bertz CT molecular complexity index is 988. The Kier molecular flexibility index (Phi) is 6.28. The van der Waals surface area contributed by atoms with Gasteiger partial charge in [0.1, 0.15) is 0 Å². The second-order valence-corrected chi connectivity index (χ2v) is 8.92. The number of hydrogen-bond acceptors (Lipinski definition) is 7. The van der Waals surface area contributed by atoms with Crippen LogP contribution in [0.25, 0.3) is 0 Å². The van der Waals surface area contributed by atoms with Crippen LogP contribution in [0.5, 0.6) is 0 Å². The number of hydrogen-bond donors (Lipinski definition) is 1. The fourth-order valence-electron chi connectivity index (χ4n) is 3.49. The summed E-state index contributed by atoms with van der Waals surface area (Å²) in [6.07, 6.45) is 3.08. The van der Waals surface area contributed by atoms with Crippen molar-refractivity contribution >= 4 is 27.3 Å². The highest BCUT2D eigenvalue weighted by Gasteiger charge is 2.28. The molecule has 1 N–H and O–H groups in total. The molecular weight excluding hydrogens is 408 g/mol. The lowest BCUT2D eigenvalue weighted by Gasteiger charge is -2.31. The molecule has 0 atom stereocenters. The smallest absolute Gasteiger partial charge is 0.255 e. The molecule has 1 amide bonds. The highest BCUT2D eigenvalue weighted by molar-refractivity contribution is 7.89. The molecule has 2 fully saturated rings. The van der Waals surface area contributed by atoms with E-state index in [-0.39, 0.29) is 10.8 Å². The highest BCUT2D eigenvalue weighted by Crippen LogP contribution is 2.31. The van der Waals surface area contributed by atoms with Crippen molar-refractivity contribution in [2.45, 2.75) is 4.90 Å². The van der Waals surface area contributed by atoms with Crippen molar-refractivity contribution in [3.05, 3.63) is 48.3 Å². The largest absolute Gasteiger partial charge is 0.379 e. The molecule has 0 aliphatic carbocycles. The van der Waals surface area contributed by atoms with Gasteiger partial charge in [0, 0.05) is 44.1 Å². The molecule has 3 heterocycles. The van der Waals surface area contributed by atoms with E-state index < -0.39 is 10.0 Å². The predicted molar refractivity (Wildman–Crippen MR) is 111 cm³/mol. The summed E-state index contributed by atoms with van der Waals surface area (Å²) >= 11 is 0. The van der Waals surface area contributed by atoms with Gasteiger partial charge in [-0.25, -0.2) is 8.42 Å². The number of pyridine rings is 1. The Hall–Kier alpha value is -2.53. The van der Waals surface area contributed by atoms with E-state index in [2.05, 4.69) is 15.2 Å². The molecule has 10 heteroatoms. The zero-order chi connectivity index (χ0) is 21.0. The van der Waals surface area contributed by atoms with Gasteiger partial charge in [-0.15, -0.1) is 0 Å². The average molecular weight is 433 g/mol. The Balaban J connectivity index is 1.68. The Morgan fingerprint density at radius 2 is 1.57 bits per heavy atom. The third-order valence-corrected chi connectivity index (χ3v) is 7.01. The van der Waals surface area contributed by atoms with Gasteiger partial charge >= 0.3 is 0 Å². The fourth-order valence-corrected chi connectivity index (χ4v) is 4.92. The summed E-state index contributed by atoms with van der Waals surface area (Å²) in [7, 11) is -3.68. The maximum absolute atomic E-state index is 13.1. The summed E-state index contributed by atoms with van der Waals surface area (Å²) in [5, 5.41) is 2.88. The van der Waals surface area contributed by atoms with E-state index in [9.17, 15) is 13.2 Å². The van der Waals surface area contributed by atoms with Crippen LogP contribution in [0.4, 0.5) is 11.4 Å². The van der Waals surface area contributed by atoms with E-state index in [1.54, 1.807) is 24.3 Å². The molecule has 1 aromatic heterocycles. The molecule has 30 heavy (non-hydrogen) atoms. The van der Waals surface area contributed by atoms with Crippen LogP contribution in [0.2, 0.25) is 0 Å². The summed E-state index contributed by atoms with van der Waals surface area (Å²) in [6, 6.07) is 8.10. The number of morpholine rings is 2. The van der Waals surface area contributed by atoms with Crippen LogP contribution < -0.4 is 10.2 Å². The van der Waals surface area contributed by atoms with Crippen molar-refractivity contribution < 1.29 is 22.7 Å². The third kappa shape index (κ3) is 4.46. The number of aromatic nitrogens is 1. The molecule has 2 aliphatic rings. The van der Waals surface area contributed by atoms with Crippen LogP contribution in [0, 0.1) is 0 Å². The lowest BCUT2D eigenvalue weighted by molar-refractivity contribution is 0.0730. The zero-order valence-corrected chi connectivity index (χ0v) is 17.3. The number of ether oxygens (including phenoxy) is 2. The van der Waals surface area contributed by atoms with Crippen LogP contribution in [0.3, 0.4) is 0 Å². The first-order valence-corrected chi connectivity index (χ1v) is 11.3. The number of rotatable bonds is 5. The molecule has 1 aromatic carbocycles. The van der Waals surface area contributed by atoms with E-state index in [4.69, 9.17) is 9.47 Å². The molecule has 4 rings (SSSR count). The summed E-state index contributed by atoms with van der Waals surface area (Å²) in [5.74, 6) is -0.326. The highest BCUT2D eigenvalue weighted by atomic mass is 32.2. The number of amides is 1. The van der Waals surface area contributed by atoms with Gasteiger partial charge in [0.15, 0.2) is 0 Å². The maximum atomic E-state index is 13.1. The molecule has 160 valence electrons. The molecule has 0 bridgehead atoms. The van der Waals surface area contributed by atoms with Gasteiger partial charge in [-0.1, -0.05) is 0 Å². The Morgan fingerprint density at radius 3 is 2.23 bits per heavy atom. The van der Waals surface area contributed by atoms with Crippen LogP contribution in [-0.4, -0.2) is 76.2 Å². The van der Waals surface area contributed by atoms with Crippen molar-refractivity contribution in [3.63, 3.8) is 0 Å². The van der Waals surface area contributed by atoms with Gasteiger partial charge in [0.25, 0.3) is 5.91 Å². The number of nitrogens with zero attached hydrogens (tertiary/aromatic N) is 3. The lowest BCUT2D eigenvalue weighted by Crippen LogP contribution is -2.40. The summed E-state index contributed by atoms with van der Waals surface area (Å²) in [6.45, 7) is 3.84. The van der Waals surface area contributed by atoms with E-state index in [1.807, 2.05) is 0 Å². The number of benzene rings is 1. The third-order valence-electron chi connectivity index (χ3n) is 5.12. The summed E-state index contributed by atoms with van der Waals surface area (Å²) in [4.78, 5) is 18.9. The SMILES string of the molecule is O=C(Nc1cc(S(=O)(=O)N2CCOCC2)ccc1N1CCOCC1)c1ccncc1. The molecule has 9 nitrogen and oxygen atoms in total. The van der Waals surface area contributed by atoms with Gasteiger partial charge in [-0.05, 0) is 30.3 Å². The van der Waals surface area contributed by atoms with E-state index in [0.717, 1.165) is 5.69 Å². The monoisotopic (exact) mass is 432 g/mol. The number of sulfonamides is 1. The predicted octanol–water partition coefficient (Wildman–Crippen LogP) is 1.19. The zero-order valence-electron chi connectivity index (χ0n) is 16.5. The van der Waals surface area contributed by atoms with Crippen LogP contribution >= 0.6 is 0 Å². The van der Waals surface area contributed by atoms with E-state index in [0.29, 0.717) is 63.9 Å². The second-order valence-electron chi connectivity index (χ2n) is 6.98. The van der Waals surface area contributed by atoms with E-state index >= 15 is 0 Å². The number of anilines is 2. The van der Waals surface area contributed by atoms with Crippen LogP contribution in [0.15, 0.2) is 47.6 Å². The van der Waals surface area contributed by atoms with Crippen molar-refractivity contribution in [1.82, 2.24) is 9.29 Å². The topological polar surface area (TPSA) is 101 Å². The van der Waals surface area contributed by atoms with Crippen molar-refractivity contribution in [2.24, 2.45) is 0 Å². The van der Waals surface area contributed by atoms with Crippen molar-refractivity contribution in [3.8, 4) is 0 Å². The van der Waals surface area contributed by atoms with Crippen LogP contribution in [-0.2, 0) is 19.5 Å². The first-order chi connectivity index (χ1) is 14.6. The van der Waals surface area contributed by atoms with Crippen molar-refractivity contribution in [2.75, 3.05) is 62.8 Å². The van der Waals surface area contributed by atoms with Gasteiger partial charge in [-0.2, -0.15) is 4.31 Å². The van der Waals surface area contributed by atoms with Gasteiger partial charge in [-0.3, -0.25) is 9.78 Å². The standard InChI is InChI=1S/C20H24N4O5S/c25-20(16-3-5-21-6-4-16)22-18-15-17(30(26,27)24-9-13-29-14-10-24)1-2-19(18)23-7-11-28-12-8-23/h1-6,15H,7-14H2,(H,22,25). The Morgan fingerprint density at radius 1 is 0.933 bits per heavy atom. The van der Waals surface area contributed by atoms with Gasteiger partial charge in [0.2, 0.25) is 10.0 Å². The minimum Gasteiger partial charge on any atom is -0.379 e. The molecule has 2 saturated heterocycles. The minimum atomic E-state index is -3.68. The minimum absolute atomic E-state index is 0.145. The van der Waals surface area contributed by atoms with E-state index in [1.165, 1.54) is 22.8 Å². The molecule has 2 aliphatic heterocycles. The second kappa shape index (κ2) is 9.09. The number of carbonyl (C=O) groups is 1. The quantitative estimate of drug-likeness (QED) is 0.757. The number of nitrogens with one attached hydrogen (secondary N) is 1. The van der Waals surface area contributed by atoms with Crippen molar-refractivity contribution in [1.29, 1.82) is 0 Å². The number of carbonyl (C=O) groups excluding carboxylic acids is 1. The first-order valence-electron chi connectivity index (χ1n) is 9.82. The molecule has 2 aromatic rings. The molecule has 0 spiro atoms. The fraction of sp³-hybridized carbons (Fsp3) is 0.400. The molecule has 0 unspecified atom stereocenters. The van der Waals surface area contributed by atoms with Crippen LogP contribution in [0.1, 0.15) is 10.4 Å². The maximum Gasteiger partial charge on any atom is 0.255 e. The summed E-state index contributed by atoms with van der Waals surface area (Å²) in [5.41, 5.74) is 1.66. The normalized spacial score (nSPS) is 18.2. The average Bonchev–Trinajstić information content (AvgIpc) is 2.81. The first kappa shape index (κ1) is 20.7. The van der Waals surface area contributed by atoms with Gasteiger partial charge in [0.05, 0.1) is 42.7 Å². The lowest BCUT2D eigenvalue weighted by atomic mass is 10.2. The molecule has 0 saturated carbocycles. The Labute approximate surface area is 175 Å². The molecular formula is C20H24N4O5S.